The van der Waals surface area contributed by atoms with E-state index in [4.69, 9.17) is 16.1 Å². The quantitative estimate of drug-likeness (QED) is 0.744. The van der Waals surface area contributed by atoms with E-state index in [0.717, 1.165) is 4.90 Å². The summed E-state index contributed by atoms with van der Waals surface area (Å²) >= 11 is 0. The summed E-state index contributed by atoms with van der Waals surface area (Å²) in [6, 6.07) is 7.52. The minimum atomic E-state index is -1.25. The number of carboxylic acids is 1. The molecule has 0 unspecified atom stereocenters. The summed E-state index contributed by atoms with van der Waals surface area (Å²) in [5.74, 6) is -2.68. The van der Waals surface area contributed by atoms with Gasteiger partial charge in [0.2, 0.25) is 5.91 Å². The minimum absolute atomic E-state index is 0.182. The van der Waals surface area contributed by atoms with E-state index >= 15 is 0 Å². The highest BCUT2D eigenvalue weighted by molar-refractivity contribution is 5.98. The molecule has 0 fully saturated rings. The van der Waals surface area contributed by atoms with Crippen LogP contribution in [-0.2, 0) is 9.59 Å². The molecule has 0 spiro atoms. The number of aliphatic carboxylic acids is 1. The van der Waals surface area contributed by atoms with Gasteiger partial charge in [-0.1, -0.05) is 0 Å². The van der Waals surface area contributed by atoms with E-state index in [0.29, 0.717) is 5.56 Å². The van der Waals surface area contributed by atoms with Crippen LogP contribution in [0.5, 0.6) is 0 Å². The normalized spacial score (nSPS) is 9.42. The second-order valence-electron chi connectivity index (χ2n) is 3.71. The number of primary amides is 1. The van der Waals surface area contributed by atoms with Crippen LogP contribution in [-0.4, -0.2) is 40.9 Å². The lowest BCUT2D eigenvalue weighted by Crippen LogP contribution is -2.41. The molecule has 0 aromatic heterocycles. The van der Waals surface area contributed by atoms with Gasteiger partial charge in [-0.3, -0.25) is 14.4 Å². The second-order valence-corrected chi connectivity index (χ2v) is 3.71. The van der Waals surface area contributed by atoms with Gasteiger partial charge >= 0.3 is 5.97 Å². The van der Waals surface area contributed by atoms with Crippen molar-refractivity contribution in [3.8, 4) is 6.07 Å². The molecule has 1 rings (SSSR count). The molecule has 0 aliphatic heterocycles. The number of amides is 2. The Kier molecular flexibility index (Phi) is 4.60. The molecule has 7 heteroatoms. The van der Waals surface area contributed by atoms with Crippen LogP contribution in [0.4, 0.5) is 0 Å². The molecule has 0 aliphatic rings. The fourth-order valence-electron chi connectivity index (χ4n) is 1.42. The standard InChI is InChI=1S/C12H11N3O4/c13-5-8-1-3-9(4-2-8)12(19)15(6-10(14)16)7-11(17)18/h1-4H,6-7H2,(H2,14,16)(H,17,18). The molecule has 98 valence electrons. The third kappa shape index (κ3) is 4.12. The Hall–Kier alpha value is -2.88. The molecule has 0 radical (unpaired) electrons. The van der Waals surface area contributed by atoms with Gasteiger partial charge in [-0.05, 0) is 24.3 Å². The zero-order valence-electron chi connectivity index (χ0n) is 9.87. The summed E-state index contributed by atoms with van der Waals surface area (Å²) in [6.45, 7) is -1.10. The zero-order valence-corrected chi connectivity index (χ0v) is 9.87. The smallest absolute Gasteiger partial charge is 0.323 e. The van der Waals surface area contributed by atoms with Crippen LogP contribution in [0.15, 0.2) is 24.3 Å². The highest BCUT2D eigenvalue weighted by Gasteiger charge is 2.20. The lowest BCUT2D eigenvalue weighted by molar-refractivity contribution is -0.138. The maximum Gasteiger partial charge on any atom is 0.323 e. The maximum absolute atomic E-state index is 12.0. The average Bonchev–Trinajstić information content (AvgIpc) is 2.36. The third-order valence-electron chi connectivity index (χ3n) is 2.22. The highest BCUT2D eigenvalue weighted by Crippen LogP contribution is 2.07. The molecule has 19 heavy (non-hydrogen) atoms. The Balaban J connectivity index is 2.94. The predicted molar refractivity (Wildman–Crippen MR) is 63.9 cm³/mol. The van der Waals surface area contributed by atoms with Crippen molar-refractivity contribution in [1.82, 2.24) is 4.90 Å². The number of hydrogen-bond acceptors (Lipinski definition) is 4. The molecule has 2 amide bonds. The first kappa shape index (κ1) is 14.2. The number of nitrogens with two attached hydrogens (primary N) is 1. The number of benzene rings is 1. The van der Waals surface area contributed by atoms with Crippen molar-refractivity contribution in [1.29, 1.82) is 5.26 Å². The van der Waals surface area contributed by atoms with E-state index in [-0.39, 0.29) is 5.56 Å². The lowest BCUT2D eigenvalue weighted by Gasteiger charge is -2.18. The first-order chi connectivity index (χ1) is 8.93. The van der Waals surface area contributed by atoms with E-state index in [2.05, 4.69) is 0 Å². The predicted octanol–water partition coefficient (Wildman–Crippen LogP) is -0.430. The van der Waals surface area contributed by atoms with E-state index in [1.165, 1.54) is 24.3 Å². The largest absolute Gasteiger partial charge is 0.480 e. The number of hydrogen-bond donors (Lipinski definition) is 2. The van der Waals surface area contributed by atoms with E-state index < -0.39 is 30.9 Å². The highest BCUT2D eigenvalue weighted by atomic mass is 16.4. The fourth-order valence-corrected chi connectivity index (χ4v) is 1.42. The number of nitriles is 1. The van der Waals surface area contributed by atoms with Crippen LogP contribution in [0, 0.1) is 11.3 Å². The van der Waals surface area contributed by atoms with Crippen molar-refractivity contribution in [2.45, 2.75) is 0 Å². The van der Waals surface area contributed by atoms with Crippen LogP contribution in [0.1, 0.15) is 15.9 Å². The number of carboxylic acid groups (broad SMARTS) is 1. The molecule has 1 aromatic carbocycles. The second kappa shape index (κ2) is 6.16. The van der Waals surface area contributed by atoms with Gasteiger partial charge in [-0.2, -0.15) is 5.26 Å². The number of carbonyl (C=O) groups excluding carboxylic acids is 2. The Morgan fingerprint density at radius 1 is 1.21 bits per heavy atom. The molecular weight excluding hydrogens is 250 g/mol. The summed E-state index contributed by atoms with van der Waals surface area (Å²) in [5, 5.41) is 17.3. The number of carbonyl (C=O) groups is 3. The van der Waals surface area contributed by atoms with Gasteiger partial charge in [-0.25, -0.2) is 0 Å². The molecule has 0 atom stereocenters. The molecule has 0 saturated carbocycles. The maximum atomic E-state index is 12.0. The molecule has 0 saturated heterocycles. The van der Waals surface area contributed by atoms with Crippen LogP contribution in [0.25, 0.3) is 0 Å². The van der Waals surface area contributed by atoms with Crippen molar-refractivity contribution < 1.29 is 19.5 Å². The number of rotatable bonds is 5. The summed E-state index contributed by atoms with van der Waals surface area (Å²) in [7, 11) is 0. The summed E-state index contributed by atoms with van der Waals surface area (Å²) in [5.41, 5.74) is 5.52. The fraction of sp³-hybridized carbons (Fsp3) is 0.167. The van der Waals surface area contributed by atoms with Gasteiger partial charge in [0.05, 0.1) is 11.6 Å². The lowest BCUT2D eigenvalue weighted by atomic mass is 10.1. The van der Waals surface area contributed by atoms with Gasteiger partial charge in [0.15, 0.2) is 0 Å². The van der Waals surface area contributed by atoms with Crippen molar-refractivity contribution in [3.05, 3.63) is 35.4 Å². The van der Waals surface area contributed by atoms with E-state index in [1.54, 1.807) is 0 Å². The Morgan fingerprint density at radius 3 is 2.21 bits per heavy atom. The molecule has 7 nitrogen and oxygen atoms in total. The average molecular weight is 261 g/mol. The van der Waals surface area contributed by atoms with Crippen molar-refractivity contribution in [2.75, 3.05) is 13.1 Å². The topological polar surface area (TPSA) is 124 Å². The Labute approximate surface area is 108 Å². The van der Waals surface area contributed by atoms with Crippen LogP contribution < -0.4 is 5.73 Å². The van der Waals surface area contributed by atoms with Crippen LogP contribution in [0.2, 0.25) is 0 Å². The summed E-state index contributed by atoms with van der Waals surface area (Å²) < 4.78 is 0. The van der Waals surface area contributed by atoms with E-state index in [1.807, 2.05) is 6.07 Å². The van der Waals surface area contributed by atoms with Gasteiger partial charge in [0, 0.05) is 5.56 Å². The van der Waals surface area contributed by atoms with Crippen LogP contribution >= 0.6 is 0 Å². The van der Waals surface area contributed by atoms with Gasteiger partial charge in [-0.15, -0.1) is 0 Å². The summed E-state index contributed by atoms with van der Waals surface area (Å²) in [4.78, 5) is 34.3. The molecule has 0 aliphatic carbocycles. The third-order valence-corrected chi connectivity index (χ3v) is 2.22. The van der Waals surface area contributed by atoms with E-state index in [9.17, 15) is 14.4 Å². The Bertz CT molecular complexity index is 529. The SMILES string of the molecule is N#Cc1ccc(C(=O)N(CC(N)=O)CC(=O)O)cc1. The van der Waals surface area contributed by atoms with Crippen molar-refractivity contribution in [2.24, 2.45) is 5.73 Å². The molecule has 0 heterocycles. The minimum Gasteiger partial charge on any atom is -0.480 e. The molecule has 1 aromatic rings. The van der Waals surface area contributed by atoms with Gasteiger partial charge in [0.25, 0.3) is 5.91 Å². The molecule has 0 bridgehead atoms. The first-order valence-electron chi connectivity index (χ1n) is 5.23. The zero-order chi connectivity index (χ0) is 14.4. The first-order valence-corrected chi connectivity index (χ1v) is 5.23. The molecular formula is C12H11N3O4. The van der Waals surface area contributed by atoms with Crippen molar-refractivity contribution >= 4 is 17.8 Å². The molecule has 3 N–H and O–H groups in total. The van der Waals surface area contributed by atoms with Crippen LogP contribution in [0.3, 0.4) is 0 Å². The van der Waals surface area contributed by atoms with Gasteiger partial charge in [0.1, 0.15) is 13.1 Å². The van der Waals surface area contributed by atoms with Gasteiger partial charge < -0.3 is 15.7 Å². The summed E-state index contributed by atoms with van der Waals surface area (Å²) in [6.07, 6.45) is 0. The Morgan fingerprint density at radius 2 is 1.79 bits per heavy atom. The van der Waals surface area contributed by atoms with Crippen molar-refractivity contribution in [3.63, 3.8) is 0 Å². The monoisotopic (exact) mass is 261 g/mol. The number of nitrogens with zero attached hydrogens (tertiary/aromatic N) is 2.